The van der Waals surface area contributed by atoms with E-state index in [4.69, 9.17) is 0 Å². The summed E-state index contributed by atoms with van der Waals surface area (Å²) < 4.78 is 40.5. The number of nitrogens with zero attached hydrogens (tertiary/aromatic N) is 1. The zero-order chi connectivity index (χ0) is 21.1. The van der Waals surface area contributed by atoms with Crippen molar-refractivity contribution < 1.29 is 17.6 Å². The lowest BCUT2D eigenvalue weighted by molar-refractivity contribution is -0.120. The molecule has 1 amide bonds. The van der Waals surface area contributed by atoms with E-state index in [0.717, 1.165) is 34.6 Å². The summed E-state index contributed by atoms with van der Waals surface area (Å²) in [6.07, 6.45) is 1.85. The molecule has 0 aliphatic carbocycles. The number of sulfonamides is 1. The normalized spacial score (nSPS) is 15.9. The van der Waals surface area contributed by atoms with Gasteiger partial charge in [0.15, 0.2) is 0 Å². The van der Waals surface area contributed by atoms with E-state index in [1.807, 2.05) is 17.5 Å². The Hall–Kier alpha value is -2.07. The van der Waals surface area contributed by atoms with Crippen molar-refractivity contribution in [3.63, 3.8) is 0 Å². The number of hydrogen-bond acceptors (Lipinski definition) is 5. The minimum absolute atomic E-state index is 0.0866. The van der Waals surface area contributed by atoms with Crippen LogP contribution in [-0.4, -0.2) is 31.7 Å². The van der Waals surface area contributed by atoms with Crippen molar-refractivity contribution in [2.45, 2.75) is 29.5 Å². The highest BCUT2D eigenvalue weighted by molar-refractivity contribution is 7.91. The van der Waals surface area contributed by atoms with Gasteiger partial charge in [0, 0.05) is 22.8 Å². The minimum Gasteiger partial charge on any atom is -0.344 e. The second kappa shape index (κ2) is 8.97. The molecule has 3 aromatic rings. The van der Waals surface area contributed by atoms with Crippen LogP contribution in [-0.2, 0) is 21.2 Å². The van der Waals surface area contributed by atoms with Gasteiger partial charge in [-0.1, -0.05) is 18.2 Å². The third-order valence-corrected chi connectivity index (χ3v) is 9.36. The van der Waals surface area contributed by atoms with Gasteiger partial charge in [0.1, 0.15) is 10.0 Å². The molecule has 0 radical (unpaired) electrons. The molecule has 0 saturated carbocycles. The summed E-state index contributed by atoms with van der Waals surface area (Å²) in [5.74, 6) is -0.551. The zero-order valence-electron chi connectivity index (χ0n) is 16.1. The summed E-state index contributed by atoms with van der Waals surface area (Å²) in [5, 5.41) is 4.93. The van der Waals surface area contributed by atoms with Gasteiger partial charge < -0.3 is 5.32 Å². The average Bonchev–Trinajstić information content (AvgIpc) is 3.49. The predicted molar refractivity (Wildman–Crippen MR) is 117 cm³/mol. The van der Waals surface area contributed by atoms with Crippen LogP contribution in [0.2, 0.25) is 0 Å². The molecule has 158 valence electrons. The first-order chi connectivity index (χ1) is 14.4. The summed E-state index contributed by atoms with van der Waals surface area (Å²) >= 11 is 2.65. The molecule has 1 fully saturated rings. The molecule has 1 aromatic carbocycles. The number of thiophene rings is 2. The molecule has 1 N–H and O–H groups in total. The molecule has 1 saturated heterocycles. The SMILES string of the molecule is O=C(Cc1ccc(S(=O)(=O)N2CCCC2)s1)NC(c1ccc(F)cc1)c1cccs1. The Labute approximate surface area is 183 Å². The Morgan fingerprint density at radius 2 is 1.83 bits per heavy atom. The summed E-state index contributed by atoms with van der Waals surface area (Å²) in [6.45, 7) is 1.10. The van der Waals surface area contributed by atoms with Crippen LogP contribution in [0, 0.1) is 5.82 Å². The van der Waals surface area contributed by atoms with E-state index in [0.29, 0.717) is 18.0 Å². The van der Waals surface area contributed by atoms with Crippen LogP contribution in [0.15, 0.2) is 58.1 Å². The van der Waals surface area contributed by atoms with Gasteiger partial charge in [0.2, 0.25) is 5.91 Å². The Balaban J connectivity index is 1.48. The standard InChI is InChI=1S/C21H21FN2O3S3/c22-16-7-5-15(6-8-16)21(18-4-3-13-28-18)23-19(25)14-17-9-10-20(29-17)30(26,27)24-11-1-2-12-24/h3-10,13,21H,1-2,11-12,14H2,(H,23,25). The number of amides is 1. The Morgan fingerprint density at radius 3 is 2.50 bits per heavy atom. The first-order valence-electron chi connectivity index (χ1n) is 9.60. The molecule has 3 heterocycles. The van der Waals surface area contributed by atoms with Crippen LogP contribution < -0.4 is 5.32 Å². The van der Waals surface area contributed by atoms with Gasteiger partial charge in [-0.2, -0.15) is 4.31 Å². The van der Waals surface area contributed by atoms with Crippen LogP contribution in [0.5, 0.6) is 0 Å². The lowest BCUT2D eigenvalue weighted by Crippen LogP contribution is -2.30. The van der Waals surface area contributed by atoms with Crippen molar-refractivity contribution in [2.24, 2.45) is 0 Å². The van der Waals surface area contributed by atoms with Gasteiger partial charge in [-0.25, -0.2) is 12.8 Å². The van der Waals surface area contributed by atoms with Gasteiger partial charge in [-0.3, -0.25) is 4.79 Å². The fourth-order valence-corrected chi connectivity index (χ4v) is 7.28. The summed E-state index contributed by atoms with van der Waals surface area (Å²) in [5.41, 5.74) is 0.788. The van der Waals surface area contributed by atoms with E-state index in [-0.39, 0.29) is 28.4 Å². The van der Waals surface area contributed by atoms with Crippen molar-refractivity contribution in [2.75, 3.05) is 13.1 Å². The van der Waals surface area contributed by atoms with Gasteiger partial charge >= 0.3 is 0 Å². The average molecular weight is 465 g/mol. The summed E-state index contributed by atoms with van der Waals surface area (Å²) in [6, 6.07) is 12.8. The minimum atomic E-state index is -3.47. The van der Waals surface area contributed by atoms with E-state index in [9.17, 15) is 17.6 Å². The molecule has 2 aromatic heterocycles. The Morgan fingerprint density at radius 1 is 1.10 bits per heavy atom. The predicted octanol–water partition coefficient (Wildman–Crippen LogP) is 4.18. The fraction of sp³-hybridized carbons (Fsp3) is 0.286. The van der Waals surface area contributed by atoms with Gasteiger partial charge in [-0.15, -0.1) is 22.7 Å². The van der Waals surface area contributed by atoms with Crippen molar-refractivity contribution in [3.05, 3.63) is 75.0 Å². The third-order valence-electron chi connectivity index (χ3n) is 4.97. The smallest absolute Gasteiger partial charge is 0.252 e. The van der Waals surface area contributed by atoms with E-state index in [1.165, 1.54) is 27.8 Å². The molecular formula is C21H21FN2O3S3. The van der Waals surface area contributed by atoms with E-state index in [2.05, 4.69) is 5.32 Å². The van der Waals surface area contributed by atoms with E-state index < -0.39 is 10.0 Å². The molecule has 4 rings (SSSR count). The number of halogens is 1. The zero-order valence-corrected chi connectivity index (χ0v) is 18.5. The van der Waals surface area contributed by atoms with Crippen LogP contribution in [0.3, 0.4) is 0 Å². The number of carbonyl (C=O) groups is 1. The molecule has 1 unspecified atom stereocenters. The molecule has 9 heteroatoms. The highest BCUT2D eigenvalue weighted by Gasteiger charge is 2.28. The van der Waals surface area contributed by atoms with Crippen LogP contribution in [0.1, 0.15) is 34.2 Å². The van der Waals surface area contributed by atoms with Crippen LogP contribution in [0.4, 0.5) is 4.39 Å². The maximum atomic E-state index is 13.3. The largest absolute Gasteiger partial charge is 0.344 e. The second-order valence-corrected chi connectivity index (χ2v) is 11.4. The van der Waals surface area contributed by atoms with Crippen LogP contribution in [0.25, 0.3) is 0 Å². The highest BCUT2D eigenvalue weighted by atomic mass is 32.2. The topological polar surface area (TPSA) is 66.5 Å². The van der Waals surface area contributed by atoms with Crippen molar-refractivity contribution >= 4 is 38.6 Å². The number of nitrogens with one attached hydrogen (secondary N) is 1. The maximum absolute atomic E-state index is 13.3. The molecule has 30 heavy (non-hydrogen) atoms. The molecule has 1 atom stereocenters. The van der Waals surface area contributed by atoms with Gasteiger partial charge in [0.25, 0.3) is 10.0 Å². The molecule has 1 aliphatic heterocycles. The first kappa shape index (κ1) is 21.2. The summed E-state index contributed by atoms with van der Waals surface area (Å²) in [7, 11) is -3.47. The first-order valence-corrected chi connectivity index (χ1v) is 12.7. The number of hydrogen-bond donors (Lipinski definition) is 1. The van der Waals surface area contributed by atoms with E-state index in [1.54, 1.807) is 24.3 Å². The molecule has 1 aliphatic rings. The lowest BCUT2D eigenvalue weighted by Gasteiger charge is -2.18. The highest BCUT2D eigenvalue weighted by Crippen LogP contribution is 2.29. The van der Waals surface area contributed by atoms with E-state index >= 15 is 0 Å². The molecule has 0 bridgehead atoms. The fourth-order valence-electron chi connectivity index (χ4n) is 3.45. The maximum Gasteiger partial charge on any atom is 0.252 e. The second-order valence-electron chi connectivity index (χ2n) is 7.08. The number of carbonyl (C=O) groups excluding carboxylic acids is 1. The Bertz CT molecular complexity index is 1100. The van der Waals surface area contributed by atoms with Crippen molar-refractivity contribution in [1.82, 2.24) is 9.62 Å². The lowest BCUT2D eigenvalue weighted by atomic mass is 10.0. The van der Waals surface area contributed by atoms with Gasteiger partial charge in [-0.05, 0) is 54.1 Å². The van der Waals surface area contributed by atoms with Gasteiger partial charge in [0.05, 0.1) is 12.5 Å². The van der Waals surface area contributed by atoms with Crippen molar-refractivity contribution in [1.29, 1.82) is 0 Å². The molecular weight excluding hydrogens is 443 g/mol. The Kier molecular flexibility index (Phi) is 6.33. The summed E-state index contributed by atoms with van der Waals surface area (Å²) in [4.78, 5) is 14.4. The number of benzene rings is 1. The molecule has 5 nitrogen and oxygen atoms in total. The third kappa shape index (κ3) is 4.64. The number of rotatable bonds is 7. The molecule has 0 spiro atoms. The van der Waals surface area contributed by atoms with Crippen LogP contribution >= 0.6 is 22.7 Å². The quantitative estimate of drug-likeness (QED) is 0.570. The monoisotopic (exact) mass is 464 g/mol. The van der Waals surface area contributed by atoms with Crippen molar-refractivity contribution in [3.8, 4) is 0 Å².